The molecule has 2 aromatic heterocycles. The predicted molar refractivity (Wildman–Crippen MR) is 108 cm³/mol. The third-order valence-corrected chi connectivity index (χ3v) is 4.80. The predicted octanol–water partition coefficient (Wildman–Crippen LogP) is 3.24. The second-order valence-corrected chi connectivity index (χ2v) is 7.19. The van der Waals surface area contributed by atoms with Crippen molar-refractivity contribution in [2.24, 2.45) is 0 Å². The molecular weight excluding hydrogens is 370 g/mol. The molecule has 0 bridgehead atoms. The second kappa shape index (κ2) is 7.54. The van der Waals surface area contributed by atoms with Gasteiger partial charge >= 0.3 is 0 Å². The summed E-state index contributed by atoms with van der Waals surface area (Å²) in [5.74, 6) is 2.10. The molecule has 3 aromatic rings. The molecule has 0 radical (unpaired) electrons. The standard InChI is InChI=1S/C21H23N5O3/c1-12(2)29-16-7-6-14(10-17(16)28-4)15-11-18(27)24-20-19(15)13(3)25-26(20)21-22-8-5-9-23-21/h5-10,12,15H,11H2,1-4H3,(H,24,27)/t15-/m0/s1. The van der Waals surface area contributed by atoms with Crippen LogP contribution < -0.4 is 14.8 Å². The monoisotopic (exact) mass is 393 g/mol. The number of aryl methyl sites for hydroxylation is 1. The van der Waals surface area contributed by atoms with E-state index in [1.54, 1.807) is 30.3 Å². The van der Waals surface area contributed by atoms with Gasteiger partial charge in [-0.25, -0.2) is 9.97 Å². The van der Waals surface area contributed by atoms with Crippen molar-refractivity contribution in [3.8, 4) is 17.4 Å². The summed E-state index contributed by atoms with van der Waals surface area (Å²) >= 11 is 0. The first-order valence-electron chi connectivity index (χ1n) is 9.49. The molecule has 0 saturated carbocycles. The fraction of sp³-hybridized carbons (Fsp3) is 0.333. The fourth-order valence-electron chi connectivity index (χ4n) is 3.63. The van der Waals surface area contributed by atoms with Crippen LogP contribution in [-0.4, -0.2) is 38.9 Å². The number of hydrogen-bond donors (Lipinski definition) is 1. The van der Waals surface area contributed by atoms with Crippen LogP contribution in [0.2, 0.25) is 0 Å². The number of aromatic nitrogens is 4. The lowest BCUT2D eigenvalue weighted by Crippen LogP contribution is -2.25. The van der Waals surface area contributed by atoms with Crippen molar-refractivity contribution in [2.45, 2.75) is 39.2 Å². The summed E-state index contributed by atoms with van der Waals surface area (Å²) in [7, 11) is 1.61. The Morgan fingerprint density at radius 3 is 2.66 bits per heavy atom. The maximum atomic E-state index is 12.5. The molecule has 1 aliphatic rings. The third kappa shape index (κ3) is 3.53. The first-order valence-corrected chi connectivity index (χ1v) is 9.49. The first-order chi connectivity index (χ1) is 14.0. The number of benzene rings is 1. The van der Waals surface area contributed by atoms with Gasteiger partial charge in [0, 0.05) is 30.3 Å². The summed E-state index contributed by atoms with van der Waals surface area (Å²) in [5, 5.41) is 7.53. The van der Waals surface area contributed by atoms with Gasteiger partial charge in [-0.3, -0.25) is 4.79 Å². The average Bonchev–Trinajstić information content (AvgIpc) is 3.04. The van der Waals surface area contributed by atoms with E-state index in [-0.39, 0.29) is 17.9 Å². The minimum atomic E-state index is -0.154. The van der Waals surface area contributed by atoms with Crippen LogP contribution in [0, 0.1) is 6.92 Å². The van der Waals surface area contributed by atoms with Crippen molar-refractivity contribution in [2.75, 3.05) is 12.4 Å². The van der Waals surface area contributed by atoms with Crippen LogP contribution in [0.15, 0.2) is 36.7 Å². The number of methoxy groups -OCH3 is 1. The van der Waals surface area contributed by atoms with Gasteiger partial charge in [-0.1, -0.05) is 6.07 Å². The Bertz CT molecular complexity index is 1050. The largest absolute Gasteiger partial charge is 0.493 e. The van der Waals surface area contributed by atoms with Crippen LogP contribution in [-0.2, 0) is 4.79 Å². The minimum Gasteiger partial charge on any atom is -0.493 e. The van der Waals surface area contributed by atoms with Gasteiger partial charge in [-0.2, -0.15) is 9.78 Å². The van der Waals surface area contributed by atoms with Crippen molar-refractivity contribution in [1.82, 2.24) is 19.7 Å². The van der Waals surface area contributed by atoms with Crippen molar-refractivity contribution >= 4 is 11.7 Å². The van der Waals surface area contributed by atoms with Gasteiger partial charge in [0.05, 0.1) is 18.9 Å². The number of nitrogens with one attached hydrogen (secondary N) is 1. The molecular formula is C21H23N5O3. The van der Waals surface area contributed by atoms with Crippen LogP contribution >= 0.6 is 0 Å². The highest BCUT2D eigenvalue weighted by atomic mass is 16.5. The number of rotatable bonds is 5. The lowest BCUT2D eigenvalue weighted by Gasteiger charge is -2.25. The lowest BCUT2D eigenvalue weighted by molar-refractivity contribution is -0.116. The molecule has 0 unspecified atom stereocenters. The summed E-state index contributed by atoms with van der Waals surface area (Å²) in [6.07, 6.45) is 3.65. The van der Waals surface area contributed by atoms with Crippen molar-refractivity contribution in [1.29, 1.82) is 0 Å². The highest BCUT2D eigenvalue weighted by Gasteiger charge is 2.33. The number of carbonyl (C=O) groups is 1. The Morgan fingerprint density at radius 1 is 1.21 bits per heavy atom. The van der Waals surface area contributed by atoms with Gasteiger partial charge in [0.15, 0.2) is 11.5 Å². The SMILES string of the molecule is COc1cc([C@@H]2CC(=O)Nc3c2c(C)nn3-c2ncccn2)ccc1OC(C)C. The average molecular weight is 393 g/mol. The molecule has 3 heterocycles. The number of carbonyl (C=O) groups excluding carboxylic acids is 1. The molecule has 8 heteroatoms. The summed E-state index contributed by atoms with van der Waals surface area (Å²) < 4.78 is 12.9. The van der Waals surface area contributed by atoms with E-state index in [2.05, 4.69) is 20.4 Å². The van der Waals surface area contributed by atoms with Crippen LogP contribution in [0.4, 0.5) is 5.82 Å². The minimum absolute atomic E-state index is 0.0353. The van der Waals surface area contributed by atoms with Crippen molar-refractivity contribution < 1.29 is 14.3 Å². The quantitative estimate of drug-likeness (QED) is 0.716. The van der Waals surface area contributed by atoms with Gasteiger partial charge in [0.1, 0.15) is 5.82 Å². The van der Waals surface area contributed by atoms with Crippen LogP contribution in [0.5, 0.6) is 11.5 Å². The first kappa shape index (κ1) is 18.9. The topological polar surface area (TPSA) is 91.2 Å². The van der Waals surface area contributed by atoms with E-state index >= 15 is 0 Å². The Kier molecular flexibility index (Phi) is 4.92. The highest BCUT2D eigenvalue weighted by Crippen LogP contribution is 2.42. The van der Waals surface area contributed by atoms with Gasteiger partial charge in [0.25, 0.3) is 5.95 Å². The molecule has 4 rings (SSSR count). The molecule has 1 aliphatic heterocycles. The molecule has 1 atom stereocenters. The number of fused-ring (bicyclic) bond motifs is 1. The summed E-state index contributed by atoms with van der Waals surface area (Å²) in [4.78, 5) is 21.0. The summed E-state index contributed by atoms with van der Waals surface area (Å²) in [6.45, 7) is 5.86. The Hall–Kier alpha value is -3.42. The summed E-state index contributed by atoms with van der Waals surface area (Å²) in [6, 6.07) is 7.53. The van der Waals surface area contributed by atoms with E-state index in [0.29, 0.717) is 29.7 Å². The zero-order valence-electron chi connectivity index (χ0n) is 16.8. The molecule has 1 amide bonds. The van der Waals surface area contributed by atoms with E-state index in [9.17, 15) is 4.79 Å². The number of ether oxygens (including phenoxy) is 2. The zero-order valence-corrected chi connectivity index (χ0v) is 16.8. The molecule has 29 heavy (non-hydrogen) atoms. The maximum Gasteiger partial charge on any atom is 0.252 e. The lowest BCUT2D eigenvalue weighted by atomic mass is 9.85. The van der Waals surface area contributed by atoms with Crippen molar-refractivity contribution in [3.63, 3.8) is 0 Å². The Labute approximate surface area is 168 Å². The normalized spacial score (nSPS) is 15.8. The molecule has 150 valence electrons. The molecule has 0 fully saturated rings. The fourth-order valence-corrected chi connectivity index (χ4v) is 3.63. The number of anilines is 1. The molecule has 0 spiro atoms. The van der Waals surface area contributed by atoms with Gasteiger partial charge < -0.3 is 14.8 Å². The maximum absolute atomic E-state index is 12.5. The van der Waals surface area contributed by atoms with Crippen LogP contribution in [0.3, 0.4) is 0 Å². The zero-order chi connectivity index (χ0) is 20.5. The molecule has 1 aromatic carbocycles. The number of amides is 1. The van der Waals surface area contributed by atoms with E-state index in [1.165, 1.54) is 0 Å². The van der Waals surface area contributed by atoms with E-state index < -0.39 is 0 Å². The van der Waals surface area contributed by atoms with E-state index in [1.807, 2.05) is 39.0 Å². The van der Waals surface area contributed by atoms with Gasteiger partial charge in [-0.05, 0) is 44.5 Å². The molecule has 8 nitrogen and oxygen atoms in total. The van der Waals surface area contributed by atoms with Crippen molar-refractivity contribution in [3.05, 3.63) is 53.5 Å². The van der Waals surface area contributed by atoms with Crippen LogP contribution in [0.25, 0.3) is 5.95 Å². The molecule has 1 N–H and O–H groups in total. The Morgan fingerprint density at radius 2 is 1.97 bits per heavy atom. The van der Waals surface area contributed by atoms with Crippen LogP contribution in [0.1, 0.15) is 43.0 Å². The highest BCUT2D eigenvalue weighted by molar-refractivity contribution is 5.95. The van der Waals surface area contributed by atoms with Gasteiger partial charge in [0.2, 0.25) is 5.91 Å². The second-order valence-electron chi connectivity index (χ2n) is 7.19. The van der Waals surface area contributed by atoms with E-state index in [0.717, 1.165) is 16.8 Å². The molecule has 0 saturated heterocycles. The van der Waals surface area contributed by atoms with E-state index in [4.69, 9.17) is 9.47 Å². The molecule has 0 aliphatic carbocycles. The van der Waals surface area contributed by atoms with Gasteiger partial charge in [-0.15, -0.1) is 0 Å². The number of hydrogen-bond acceptors (Lipinski definition) is 6. The number of nitrogens with zero attached hydrogens (tertiary/aromatic N) is 4. The summed E-state index contributed by atoms with van der Waals surface area (Å²) in [5.41, 5.74) is 2.74. The third-order valence-electron chi connectivity index (χ3n) is 4.80. The smallest absolute Gasteiger partial charge is 0.252 e. The Balaban J connectivity index is 1.80.